The lowest BCUT2D eigenvalue weighted by atomic mass is 10.0. The lowest BCUT2D eigenvalue weighted by Gasteiger charge is -2.06. The van der Waals surface area contributed by atoms with Gasteiger partial charge in [0.2, 0.25) is 0 Å². The van der Waals surface area contributed by atoms with Crippen LogP contribution in [0.1, 0.15) is 15.9 Å². The second kappa shape index (κ2) is 6.22. The van der Waals surface area contributed by atoms with Crippen LogP contribution in [0.15, 0.2) is 46.9 Å². The topological polar surface area (TPSA) is 26.3 Å². The van der Waals surface area contributed by atoms with Gasteiger partial charge in [-0.25, -0.2) is 0 Å². The fourth-order valence-corrected chi connectivity index (χ4v) is 2.18. The van der Waals surface area contributed by atoms with Crippen molar-refractivity contribution in [1.82, 2.24) is 0 Å². The molecule has 0 saturated carbocycles. The molecule has 0 aliphatic carbocycles. The molecule has 0 aliphatic heterocycles. The summed E-state index contributed by atoms with van der Waals surface area (Å²) < 4.78 is 6.11. The van der Waals surface area contributed by atoms with Crippen molar-refractivity contribution >= 4 is 33.3 Å². The van der Waals surface area contributed by atoms with Gasteiger partial charge in [0.1, 0.15) is 5.75 Å². The van der Waals surface area contributed by atoms with Gasteiger partial charge >= 0.3 is 0 Å². The van der Waals surface area contributed by atoms with Crippen LogP contribution in [-0.2, 0) is 6.42 Å². The van der Waals surface area contributed by atoms with Gasteiger partial charge in [-0.1, -0.05) is 39.7 Å². The molecule has 0 radical (unpaired) electrons. The molecule has 19 heavy (non-hydrogen) atoms. The van der Waals surface area contributed by atoms with E-state index < -0.39 is 0 Å². The van der Waals surface area contributed by atoms with Gasteiger partial charge in [-0.2, -0.15) is 0 Å². The van der Waals surface area contributed by atoms with Crippen LogP contribution >= 0.6 is 27.5 Å². The van der Waals surface area contributed by atoms with E-state index in [2.05, 4.69) is 15.9 Å². The number of Topliss-reactive ketones (excluding diaryl/α,β-unsaturated/α-hetero) is 1. The van der Waals surface area contributed by atoms with Crippen LogP contribution in [0.4, 0.5) is 0 Å². The number of hydrogen-bond acceptors (Lipinski definition) is 2. The standard InChI is InChI=1S/C15H12BrClO2/c1-19-15-9-11(4-7-13(15)17)14(18)8-10-2-5-12(16)6-3-10/h2-7,9H,8H2,1H3. The van der Waals surface area contributed by atoms with Gasteiger partial charge in [-0.3, -0.25) is 4.79 Å². The predicted molar refractivity (Wildman–Crippen MR) is 80.2 cm³/mol. The monoisotopic (exact) mass is 338 g/mol. The summed E-state index contributed by atoms with van der Waals surface area (Å²) in [6.45, 7) is 0. The number of ketones is 1. The quantitative estimate of drug-likeness (QED) is 0.765. The Balaban J connectivity index is 2.18. The van der Waals surface area contributed by atoms with Crippen molar-refractivity contribution < 1.29 is 9.53 Å². The average Bonchev–Trinajstić information content (AvgIpc) is 2.42. The molecule has 0 aliphatic rings. The number of benzene rings is 2. The molecular weight excluding hydrogens is 328 g/mol. The molecule has 98 valence electrons. The SMILES string of the molecule is COc1cc(C(=O)Cc2ccc(Br)cc2)ccc1Cl. The van der Waals surface area contributed by atoms with Crippen LogP contribution in [0.25, 0.3) is 0 Å². The molecule has 2 nitrogen and oxygen atoms in total. The van der Waals surface area contributed by atoms with Gasteiger partial charge in [0, 0.05) is 16.5 Å². The Labute approximate surface area is 125 Å². The highest BCUT2D eigenvalue weighted by molar-refractivity contribution is 9.10. The Hall–Kier alpha value is -1.32. The van der Waals surface area contributed by atoms with Crippen LogP contribution in [0.2, 0.25) is 5.02 Å². The summed E-state index contributed by atoms with van der Waals surface area (Å²) >= 11 is 9.30. The van der Waals surface area contributed by atoms with Gasteiger partial charge in [0.05, 0.1) is 12.1 Å². The van der Waals surface area contributed by atoms with Crippen LogP contribution in [-0.4, -0.2) is 12.9 Å². The van der Waals surface area contributed by atoms with Gasteiger partial charge in [0.25, 0.3) is 0 Å². The number of ether oxygens (including phenoxy) is 1. The number of halogens is 2. The number of carbonyl (C=O) groups is 1. The summed E-state index contributed by atoms with van der Waals surface area (Å²) in [4.78, 5) is 12.2. The molecular formula is C15H12BrClO2. The molecule has 0 spiro atoms. The molecule has 0 fully saturated rings. The number of rotatable bonds is 4. The molecule has 0 aromatic heterocycles. The van der Waals surface area contributed by atoms with E-state index in [1.165, 1.54) is 7.11 Å². The summed E-state index contributed by atoms with van der Waals surface area (Å²) in [5.41, 5.74) is 1.58. The summed E-state index contributed by atoms with van der Waals surface area (Å²) in [5.74, 6) is 0.556. The summed E-state index contributed by atoms with van der Waals surface area (Å²) in [7, 11) is 1.53. The zero-order valence-electron chi connectivity index (χ0n) is 10.3. The van der Waals surface area contributed by atoms with Crippen molar-refractivity contribution in [2.45, 2.75) is 6.42 Å². The highest BCUT2D eigenvalue weighted by atomic mass is 79.9. The number of carbonyl (C=O) groups excluding carboxylic acids is 1. The fraction of sp³-hybridized carbons (Fsp3) is 0.133. The first-order chi connectivity index (χ1) is 9.10. The normalized spacial score (nSPS) is 10.3. The van der Waals surface area contributed by atoms with E-state index in [9.17, 15) is 4.79 Å². The molecule has 2 aromatic carbocycles. The zero-order chi connectivity index (χ0) is 13.8. The molecule has 0 atom stereocenters. The Bertz CT molecular complexity index is 594. The number of hydrogen-bond donors (Lipinski definition) is 0. The zero-order valence-corrected chi connectivity index (χ0v) is 12.7. The molecule has 0 N–H and O–H groups in total. The Kier molecular flexibility index (Phi) is 4.61. The van der Waals surface area contributed by atoms with E-state index in [4.69, 9.17) is 16.3 Å². The first-order valence-electron chi connectivity index (χ1n) is 5.71. The lowest BCUT2D eigenvalue weighted by molar-refractivity contribution is 0.0992. The maximum Gasteiger partial charge on any atom is 0.167 e. The lowest BCUT2D eigenvalue weighted by Crippen LogP contribution is -2.03. The highest BCUT2D eigenvalue weighted by Gasteiger charge is 2.10. The van der Waals surface area contributed by atoms with Crippen molar-refractivity contribution in [2.75, 3.05) is 7.11 Å². The van der Waals surface area contributed by atoms with Gasteiger partial charge < -0.3 is 4.74 Å². The maximum atomic E-state index is 12.2. The third kappa shape index (κ3) is 3.58. The molecule has 0 unspecified atom stereocenters. The van der Waals surface area contributed by atoms with Crippen molar-refractivity contribution in [2.24, 2.45) is 0 Å². The first kappa shape index (κ1) is 14.1. The Morgan fingerprint density at radius 1 is 1.21 bits per heavy atom. The average molecular weight is 340 g/mol. The van der Waals surface area contributed by atoms with E-state index in [1.54, 1.807) is 18.2 Å². The number of methoxy groups -OCH3 is 1. The maximum absolute atomic E-state index is 12.2. The second-order valence-corrected chi connectivity index (χ2v) is 5.40. The second-order valence-electron chi connectivity index (χ2n) is 4.08. The van der Waals surface area contributed by atoms with Gasteiger partial charge in [-0.15, -0.1) is 0 Å². The van der Waals surface area contributed by atoms with Crippen LogP contribution < -0.4 is 4.74 Å². The van der Waals surface area contributed by atoms with Crippen LogP contribution in [0.5, 0.6) is 5.75 Å². The Morgan fingerprint density at radius 2 is 1.89 bits per heavy atom. The minimum atomic E-state index is 0.0392. The van der Waals surface area contributed by atoms with E-state index in [0.717, 1.165) is 10.0 Å². The highest BCUT2D eigenvalue weighted by Crippen LogP contribution is 2.25. The molecule has 2 rings (SSSR count). The summed E-state index contributed by atoms with van der Waals surface area (Å²) in [6.07, 6.45) is 0.359. The summed E-state index contributed by atoms with van der Waals surface area (Å²) in [6, 6.07) is 12.8. The molecule has 0 saturated heterocycles. The molecule has 2 aromatic rings. The van der Waals surface area contributed by atoms with Crippen molar-refractivity contribution in [3.05, 3.63) is 63.1 Å². The van der Waals surface area contributed by atoms with Gasteiger partial charge in [0.15, 0.2) is 5.78 Å². The van der Waals surface area contributed by atoms with E-state index >= 15 is 0 Å². The summed E-state index contributed by atoms with van der Waals surface area (Å²) in [5, 5.41) is 0.502. The molecule has 0 heterocycles. The Morgan fingerprint density at radius 3 is 2.53 bits per heavy atom. The minimum Gasteiger partial charge on any atom is -0.495 e. The van der Waals surface area contributed by atoms with Crippen LogP contribution in [0, 0.1) is 0 Å². The molecule has 4 heteroatoms. The van der Waals surface area contributed by atoms with Gasteiger partial charge in [-0.05, 0) is 35.9 Å². The first-order valence-corrected chi connectivity index (χ1v) is 6.88. The smallest absolute Gasteiger partial charge is 0.167 e. The van der Waals surface area contributed by atoms with E-state index in [-0.39, 0.29) is 5.78 Å². The fourth-order valence-electron chi connectivity index (χ4n) is 1.72. The van der Waals surface area contributed by atoms with Crippen molar-refractivity contribution in [3.8, 4) is 5.75 Å². The largest absolute Gasteiger partial charge is 0.495 e. The third-order valence-electron chi connectivity index (χ3n) is 2.75. The predicted octanol–water partition coefficient (Wildman–Crippen LogP) is 4.54. The van der Waals surface area contributed by atoms with E-state index in [0.29, 0.717) is 22.8 Å². The van der Waals surface area contributed by atoms with E-state index in [1.807, 2.05) is 24.3 Å². The molecule has 0 bridgehead atoms. The minimum absolute atomic E-state index is 0.0392. The third-order valence-corrected chi connectivity index (χ3v) is 3.59. The van der Waals surface area contributed by atoms with Crippen molar-refractivity contribution in [3.63, 3.8) is 0 Å². The van der Waals surface area contributed by atoms with Crippen molar-refractivity contribution in [1.29, 1.82) is 0 Å². The van der Waals surface area contributed by atoms with Crippen LogP contribution in [0.3, 0.4) is 0 Å². The molecule has 0 amide bonds.